The molecule has 1 aromatic heterocycles. The van der Waals surface area contributed by atoms with E-state index in [2.05, 4.69) is 4.98 Å². The van der Waals surface area contributed by atoms with Crippen LogP contribution in [-0.2, 0) is 4.79 Å². The number of piperidine rings is 1. The summed E-state index contributed by atoms with van der Waals surface area (Å²) in [7, 11) is 0. The van der Waals surface area contributed by atoms with Gasteiger partial charge < -0.3 is 14.4 Å². The van der Waals surface area contributed by atoms with Gasteiger partial charge in [-0.15, -0.1) is 0 Å². The van der Waals surface area contributed by atoms with Crippen LogP contribution in [0, 0.1) is 5.82 Å². The van der Waals surface area contributed by atoms with Crippen LogP contribution in [0.2, 0.25) is 0 Å². The first kappa shape index (κ1) is 18.7. The fourth-order valence-electron chi connectivity index (χ4n) is 3.28. The van der Waals surface area contributed by atoms with E-state index in [0.29, 0.717) is 24.0 Å². The van der Waals surface area contributed by atoms with Gasteiger partial charge in [-0.2, -0.15) is 0 Å². The molecule has 0 bridgehead atoms. The van der Waals surface area contributed by atoms with Crippen LogP contribution in [0.3, 0.4) is 0 Å². The van der Waals surface area contributed by atoms with Crippen molar-refractivity contribution >= 4 is 27.5 Å². The van der Waals surface area contributed by atoms with E-state index in [1.54, 1.807) is 13.0 Å². The van der Waals surface area contributed by atoms with Gasteiger partial charge in [0.15, 0.2) is 6.10 Å². The van der Waals surface area contributed by atoms with E-state index in [0.717, 1.165) is 23.1 Å². The number of hydrogen-bond donors (Lipinski definition) is 0. The van der Waals surface area contributed by atoms with Crippen LogP contribution in [0.5, 0.6) is 10.9 Å². The van der Waals surface area contributed by atoms with Crippen molar-refractivity contribution < 1.29 is 18.7 Å². The number of likely N-dealkylation sites (tertiary alicyclic amines) is 1. The molecule has 4 rings (SSSR count). The summed E-state index contributed by atoms with van der Waals surface area (Å²) in [5, 5.41) is 0.547. The van der Waals surface area contributed by atoms with Crippen molar-refractivity contribution in [3.63, 3.8) is 0 Å². The maximum absolute atomic E-state index is 13.3. The number of ether oxygens (including phenoxy) is 2. The van der Waals surface area contributed by atoms with Gasteiger partial charge in [0.1, 0.15) is 17.7 Å². The first-order chi connectivity index (χ1) is 13.6. The van der Waals surface area contributed by atoms with Crippen LogP contribution in [-0.4, -0.2) is 41.1 Å². The Balaban J connectivity index is 1.30. The van der Waals surface area contributed by atoms with E-state index in [-0.39, 0.29) is 17.8 Å². The van der Waals surface area contributed by atoms with Crippen LogP contribution in [0.15, 0.2) is 48.5 Å². The minimum absolute atomic E-state index is 0.000179. The zero-order valence-electron chi connectivity index (χ0n) is 15.5. The van der Waals surface area contributed by atoms with E-state index in [1.165, 1.54) is 23.5 Å². The Morgan fingerprint density at radius 3 is 2.71 bits per heavy atom. The number of rotatable bonds is 5. The molecule has 0 N–H and O–H groups in total. The van der Waals surface area contributed by atoms with E-state index in [1.807, 2.05) is 35.2 Å². The number of para-hydroxylation sites is 1. The van der Waals surface area contributed by atoms with E-state index in [4.69, 9.17) is 9.47 Å². The number of nitrogens with zero attached hydrogens (tertiary/aromatic N) is 2. The quantitative estimate of drug-likeness (QED) is 0.642. The van der Waals surface area contributed by atoms with Gasteiger partial charge in [0.05, 0.1) is 10.2 Å². The SMILES string of the molecule is CC(Oc1ccccc1)C(=O)N1CCC(Oc2nc3ccc(F)cc3s2)CC1. The summed E-state index contributed by atoms with van der Waals surface area (Å²) in [6, 6.07) is 13.9. The molecule has 0 aliphatic carbocycles. The van der Waals surface area contributed by atoms with Gasteiger partial charge in [0.25, 0.3) is 11.1 Å². The molecule has 5 nitrogen and oxygen atoms in total. The third-order valence-corrected chi connectivity index (χ3v) is 5.66. The van der Waals surface area contributed by atoms with Crippen molar-refractivity contribution in [1.82, 2.24) is 9.88 Å². The van der Waals surface area contributed by atoms with Gasteiger partial charge in [-0.25, -0.2) is 9.37 Å². The Labute approximate surface area is 166 Å². The van der Waals surface area contributed by atoms with Crippen LogP contribution in [0.1, 0.15) is 19.8 Å². The lowest BCUT2D eigenvalue weighted by molar-refractivity contribution is -0.139. The van der Waals surface area contributed by atoms with Gasteiger partial charge >= 0.3 is 0 Å². The summed E-state index contributed by atoms with van der Waals surface area (Å²) < 4.78 is 25.8. The van der Waals surface area contributed by atoms with Crippen LogP contribution in [0.25, 0.3) is 10.2 Å². The lowest BCUT2D eigenvalue weighted by Crippen LogP contribution is -2.46. The molecule has 1 amide bonds. The molecule has 3 aromatic rings. The van der Waals surface area contributed by atoms with Crippen molar-refractivity contribution in [3.8, 4) is 10.9 Å². The molecule has 0 spiro atoms. The van der Waals surface area contributed by atoms with Crippen LogP contribution < -0.4 is 9.47 Å². The molecule has 1 fully saturated rings. The maximum Gasteiger partial charge on any atom is 0.274 e. The second kappa shape index (κ2) is 8.14. The summed E-state index contributed by atoms with van der Waals surface area (Å²) in [6.07, 6.45) is 0.932. The van der Waals surface area contributed by atoms with Crippen LogP contribution in [0.4, 0.5) is 4.39 Å². The van der Waals surface area contributed by atoms with Crippen molar-refractivity contribution in [1.29, 1.82) is 0 Å². The minimum Gasteiger partial charge on any atom is -0.481 e. The lowest BCUT2D eigenvalue weighted by atomic mass is 10.1. The smallest absolute Gasteiger partial charge is 0.274 e. The predicted molar refractivity (Wildman–Crippen MR) is 106 cm³/mol. The number of benzene rings is 2. The molecular formula is C21H21FN2O3S. The summed E-state index contributed by atoms with van der Waals surface area (Å²) in [5.74, 6) is 0.396. The number of fused-ring (bicyclic) bond motifs is 1. The van der Waals surface area contributed by atoms with Crippen LogP contribution >= 0.6 is 11.3 Å². The third kappa shape index (κ3) is 4.25. The van der Waals surface area contributed by atoms with Crippen molar-refractivity contribution in [3.05, 3.63) is 54.3 Å². The molecule has 1 aliphatic rings. The second-order valence-corrected chi connectivity index (χ2v) is 7.80. The number of hydrogen-bond acceptors (Lipinski definition) is 5. The normalized spacial score (nSPS) is 16.1. The Morgan fingerprint density at radius 1 is 1.21 bits per heavy atom. The van der Waals surface area contributed by atoms with Gasteiger partial charge in [-0.1, -0.05) is 29.5 Å². The fraction of sp³-hybridized carbons (Fsp3) is 0.333. The molecule has 2 aromatic carbocycles. The van der Waals surface area contributed by atoms with Gasteiger partial charge in [-0.3, -0.25) is 4.79 Å². The van der Waals surface area contributed by atoms with E-state index < -0.39 is 6.10 Å². The molecule has 2 heterocycles. The first-order valence-electron chi connectivity index (χ1n) is 9.32. The molecule has 0 saturated carbocycles. The number of carbonyl (C=O) groups excluding carboxylic acids is 1. The summed E-state index contributed by atoms with van der Waals surface area (Å²) in [6.45, 7) is 3.01. The molecular weight excluding hydrogens is 379 g/mol. The molecule has 7 heteroatoms. The maximum atomic E-state index is 13.3. The Hall–Kier alpha value is -2.67. The highest BCUT2D eigenvalue weighted by Crippen LogP contribution is 2.30. The Bertz CT molecular complexity index is 955. The molecule has 1 atom stereocenters. The topological polar surface area (TPSA) is 51.7 Å². The molecule has 0 radical (unpaired) electrons. The minimum atomic E-state index is -0.529. The van der Waals surface area contributed by atoms with Crippen molar-refractivity contribution in [2.45, 2.75) is 32.0 Å². The third-order valence-electron chi connectivity index (χ3n) is 4.76. The number of halogens is 1. The average Bonchev–Trinajstić information content (AvgIpc) is 3.10. The number of thiazole rings is 1. The van der Waals surface area contributed by atoms with Gasteiger partial charge in [-0.05, 0) is 37.3 Å². The molecule has 28 heavy (non-hydrogen) atoms. The number of carbonyl (C=O) groups is 1. The zero-order valence-corrected chi connectivity index (χ0v) is 16.3. The summed E-state index contributed by atoms with van der Waals surface area (Å²) in [5.41, 5.74) is 0.737. The molecule has 1 unspecified atom stereocenters. The lowest BCUT2D eigenvalue weighted by Gasteiger charge is -2.33. The highest BCUT2D eigenvalue weighted by atomic mass is 32.1. The number of aromatic nitrogens is 1. The predicted octanol–water partition coefficient (Wildman–Crippen LogP) is 4.27. The second-order valence-electron chi connectivity index (χ2n) is 6.81. The largest absolute Gasteiger partial charge is 0.481 e. The highest BCUT2D eigenvalue weighted by Gasteiger charge is 2.28. The van der Waals surface area contributed by atoms with Gasteiger partial charge in [0, 0.05) is 25.9 Å². The van der Waals surface area contributed by atoms with Gasteiger partial charge in [0.2, 0.25) is 0 Å². The van der Waals surface area contributed by atoms with Crippen molar-refractivity contribution in [2.24, 2.45) is 0 Å². The fourth-order valence-corrected chi connectivity index (χ4v) is 4.18. The Kier molecular flexibility index (Phi) is 5.43. The standard InChI is InChI=1S/C21H21FN2O3S/c1-14(26-16-5-3-2-4-6-16)20(25)24-11-9-17(10-12-24)27-21-23-18-8-7-15(22)13-19(18)28-21/h2-8,13-14,17H,9-12H2,1H3. The molecule has 146 valence electrons. The monoisotopic (exact) mass is 400 g/mol. The molecule has 1 aliphatic heterocycles. The highest BCUT2D eigenvalue weighted by molar-refractivity contribution is 7.20. The van der Waals surface area contributed by atoms with E-state index in [9.17, 15) is 9.18 Å². The molecule has 1 saturated heterocycles. The number of amides is 1. The Morgan fingerprint density at radius 2 is 1.96 bits per heavy atom. The summed E-state index contributed by atoms with van der Waals surface area (Å²) in [4.78, 5) is 18.9. The van der Waals surface area contributed by atoms with E-state index >= 15 is 0 Å². The first-order valence-corrected chi connectivity index (χ1v) is 10.1. The summed E-state index contributed by atoms with van der Waals surface area (Å²) >= 11 is 1.34. The van der Waals surface area contributed by atoms with Crippen molar-refractivity contribution in [2.75, 3.05) is 13.1 Å². The zero-order chi connectivity index (χ0) is 19.5. The average molecular weight is 400 g/mol.